The number of Topliss-reactive ketones (excluding diaryl/α,β-unsaturated/α-hetero) is 1. The number of nitrogens with one attached hydrogen (secondary N) is 3. The number of benzene rings is 2. The molecule has 1 aliphatic heterocycles. The summed E-state index contributed by atoms with van der Waals surface area (Å²) in [5, 5.41) is 3.56. The molecular weight excluding hydrogens is 392 g/mol. The highest BCUT2D eigenvalue weighted by atomic mass is 16.5. The topological polar surface area (TPSA) is 78.9 Å². The maximum atomic E-state index is 12.5. The zero-order valence-electron chi connectivity index (χ0n) is 17.8. The number of aromatic nitrogens is 1. The molecule has 2 heterocycles. The van der Waals surface area contributed by atoms with Crippen LogP contribution in [0.4, 0.5) is 5.69 Å². The van der Waals surface area contributed by atoms with Crippen molar-refractivity contribution >= 4 is 28.3 Å². The first-order valence-corrected chi connectivity index (χ1v) is 10.8. The quantitative estimate of drug-likeness (QED) is 0.291. The largest absolute Gasteiger partial charge is 0.497 e. The number of ketones is 1. The molecule has 1 amide bonds. The lowest BCUT2D eigenvalue weighted by Crippen LogP contribution is -3.15. The predicted molar refractivity (Wildman–Crippen MR) is 121 cm³/mol. The number of carbonyl (C=O) groups excluding carboxylic acids is 2. The van der Waals surface area contributed by atoms with Crippen molar-refractivity contribution < 1.29 is 19.2 Å². The number of anilines is 1. The van der Waals surface area contributed by atoms with Gasteiger partial charge >= 0.3 is 0 Å². The van der Waals surface area contributed by atoms with Crippen LogP contribution in [0.2, 0.25) is 0 Å². The standard InChI is InChI=1S/C24H28N4O3/c1-31-19-9-7-18(8-10-19)28-15-13-27(14-16-28)12-4-11-25-24(30)23(29)21-17-26-22-6-3-2-5-20(21)22/h2-3,5-10,17,26H,4,11-16H2,1H3,(H,25,30)/p+1. The summed E-state index contributed by atoms with van der Waals surface area (Å²) in [6, 6.07) is 15.7. The van der Waals surface area contributed by atoms with Crippen molar-refractivity contribution in [3.8, 4) is 5.75 Å². The van der Waals surface area contributed by atoms with Gasteiger partial charge in [0.15, 0.2) is 0 Å². The molecule has 0 unspecified atom stereocenters. The number of amides is 1. The van der Waals surface area contributed by atoms with Crippen LogP contribution in [0, 0.1) is 0 Å². The van der Waals surface area contributed by atoms with Gasteiger partial charge in [-0.3, -0.25) is 9.59 Å². The van der Waals surface area contributed by atoms with Crippen molar-refractivity contribution in [2.45, 2.75) is 6.42 Å². The van der Waals surface area contributed by atoms with E-state index in [9.17, 15) is 9.59 Å². The summed E-state index contributed by atoms with van der Waals surface area (Å²) in [5.74, 6) is -0.153. The van der Waals surface area contributed by atoms with E-state index in [-0.39, 0.29) is 0 Å². The van der Waals surface area contributed by atoms with Crippen LogP contribution in [0.1, 0.15) is 16.8 Å². The second-order valence-corrected chi connectivity index (χ2v) is 7.87. The highest BCUT2D eigenvalue weighted by molar-refractivity contribution is 6.44. The number of para-hydroxylation sites is 1. The minimum Gasteiger partial charge on any atom is -0.497 e. The summed E-state index contributed by atoms with van der Waals surface area (Å²) in [6.07, 6.45) is 2.46. The number of quaternary nitrogens is 1. The molecule has 162 valence electrons. The third-order valence-electron chi connectivity index (χ3n) is 5.94. The number of H-pyrrole nitrogens is 1. The van der Waals surface area contributed by atoms with E-state index >= 15 is 0 Å². The SMILES string of the molecule is COc1ccc(N2CC[NH+](CCCNC(=O)C(=O)c3c[nH]c4ccccc34)CC2)cc1. The van der Waals surface area contributed by atoms with E-state index in [1.807, 2.05) is 36.4 Å². The Hall–Kier alpha value is -3.32. The number of fused-ring (bicyclic) bond motifs is 1. The lowest BCUT2D eigenvalue weighted by molar-refractivity contribution is -0.900. The molecule has 0 aliphatic carbocycles. The molecule has 1 saturated heterocycles. The molecule has 0 spiro atoms. The summed E-state index contributed by atoms with van der Waals surface area (Å²) < 4.78 is 5.22. The maximum Gasteiger partial charge on any atom is 0.292 e. The first-order chi connectivity index (χ1) is 15.2. The average Bonchev–Trinajstić information content (AvgIpc) is 3.26. The number of hydrogen-bond donors (Lipinski definition) is 3. The van der Waals surface area contributed by atoms with Gasteiger partial charge < -0.3 is 24.8 Å². The number of nitrogens with zero attached hydrogens (tertiary/aromatic N) is 1. The molecule has 1 aromatic heterocycles. The van der Waals surface area contributed by atoms with E-state index in [1.165, 1.54) is 10.6 Å². The van der Waals surface area contributed by atoms with Crippen molar-refractivity contribution in [1.82, 2.24) is 10.3 Å². The summed E-state index contributed by atoms with van der Waals surface area (Å²) in [6.45, 7) is 5.64. The van der Waals surface area contributed by atoms with Crippen molar-refractivity contribution in [2.24, 2.45) is 0 Å². The Morgan fingerprint density at radius 3 is 2.58 bits per heavy atom. The Morgan fingerprint density at radius 2 is 1.84 bits per heavy atom. The van der Waals surface area contributed by atoms with Gasteiger partial charge in [-0.2, -0.15) is 0 Å². The van der Waals surface area contributed by atoms with Crippen LogP contribution in [0.3, 0.4) is 0 Å². The summed E-state index contributed by atoms with van der Waals surface area (Å²) in [5.41, 5.74) is 2.51. The molecule has 3 aromatic rings. The van der Waals surface area contributed by atoms with Gasteiger partial charge in [0.25, 0.3) is 11.7 Å². The second kappa shape index (κ2) is 9.66. The Bertz CT molecular complexity index is 1040. The number of hydrogen-bond acceptors (Lipinski definition) is 4. The Labute approximate surface area is 182 Å². The highest BCUT2D eigenvalue weighted by Gasteiger charge is 2.21. The van der Waals surface area contributed by atoms with E-state index in [2.05, 4.69) is 27.3 Å². The zero-order chi connectivity index (χ0) is 21.6. The molecule has 31 heavy (non-hydrogen) atoms. The number of methoxy groups -OCH3 is 1. The Kier molecular flexibility index (Phi) is 6.52. The molecule has 2 aromatic carbocycles. The van der Waals surface area contributed by atoms with Gasteiger partial charge in [0.05, 0.1) is 45.4 Å². The second-order valence-electron chi connectivity index (χ2n) is 7.87. The third-order valence-corrected chi connectivity index (χ3v) is 5.94. The van der Waals surface area contributed by atoms with Crippen molar-refractivity contribution in [3.63, 3.8) is 0 Å². The smallest absolute Gasteiger partial charge is 0.292 e. The predicted octanol–water partition coefficient (Wildman–Crippen LogP) is 1.27. The minimum absolute atomic E-state index is 0.424. The molecule has 1 aliphatic rings. The van der Waals surface area contributed by atoms with Gasteiger partial charge in [0, 0.05) is 35.8 Å². The maximum absolute atomic E-state index is 12.5. The fraction of sp³-hybridized carbons (Fsp3) is 0.333. The number of rotatable bonds is 8. The van der Waals surface area contributed by atoms with Crippen molar-refractivity contribution in [3.05, 3.63) is 60.3 Å². The molecule has 1 fully saturated rings. The lowest BCUT2D eigenvalue weighted by Gasteiger charge is -2.33. The molecule has 7 nitrogen and oxygen atoms in total. The highest BCUT2D eigenvalue weighted by Crippen LogP contribution is 2.19. The molecule has 4 rings (SSSR count). The monoisotopic (exact) mass is 421 g/mol. The van der Waals surface area contributed by atoms with E-state index < -0.39 is 11.7 Å². The van der Waals surface area contributed by atoms with E-state index in [4.69, 9.17) is 4.74 Å². The fourth-order valence-corrected chi connectivity index (χ4v) is 4.13. The van der Waals surface area contributed by atoms with Crippen LogP contribution in [-0.2, 0) is 4.79 Å². The van der Waals surface area contributed by atoms with Gasteiger partial charge in [-0.25, -0.2) is 0 Å². The fourth-order valence-electron chi connectivity index (χ4n) is 4.13. The van der Waals surface area contributed by atoms with Crippen LogP contribution < -0.4 is 19.9 Å². The molecular formula is C24H29N4O3+. The van der Waals surface area contributed by atoms with Crippen LogP contribution in [-0.4, -0.2) is 63.1 Å². The molecule has 0 radical (unpaired) electrons. The zero-order valence-corrected chi connectivity index (χ0v) is 17.8. The van der Waals surface area contributed by atoms with Crippen molar-refractivity contribution in [2.75, 3.05) is 51.3 Å². The number of ether oxygens (including phenoxy) is 1. The first-order valence-electron chi connectivity index (χ1n) is 10.8. The Morgan fingerprint density at radius 1 is 1.10 bits per heavy atom. The summed E-state index contributed by atoms with van der Waals surface area (Å²) >= 11 is 0. The minimum atomic E-state index is -0.538. The Balaban J connectivity index is 1.18. The summed E-state index contributed by atoms with van der Waals surface area (Å²) in [4.78, 5) is 31.7. The molecule has 0 saturated carbocycles. The van der Waals surface area contributed by atoms with Gasteiger partial charge in [-0.05, 0) is 30.3 Å². The molecule has 0 bridgehead atoms. The third kappa shape index (κ3) is 4.88. The van der Waals surface area contributed by atoms with Crippen LogP contribution in [0.5, 0.6) is 5.75 Å². The normalized spacial score (nSPS) is 14.5. The van der Waals surface area contributed by atoms with Crippen molar-refractivity contribution in [1.29, 1.82) is 0 Å². The van der Waals surface area contributed by atoms with Gasteiger partial charge in [-0.1, -0.05) is 18.2 Å². The van der Waals surface area contributed by atoms with Gasteiger partial charge in [0.2, 0.25) is 0 Å². The average molecular weight is 422 g/mol. The summed E-state index contributed by atoms with van der Waals surface area (Å²) in [7, 11) is 1.68. The lowest BCUT2D eigenvalue weighted by atomic mass is 10.1. The van der Waals surface area contributed by atoms with Crippen LogP contribution in [0.25, 0.3) is 10.9 Å². The molecule has 7 heteroatoms. The molecule has 3 N–H and O–H groups in total. The van der Waals surface area contributed by atoms with Crippen LogP contribution in [0.15, 0.2) is 54.7 Å². The number of carbonyl (C=O) groups is 2. The van der Waals surface area contributed by atoms with Crippen LogP contribution >= 0.6 is 0 Å². The van der Waals surface area contributed by atoms with Gasteiger partial charge in [-0.15, -0.1) is 0 Å². The molecule has 0 atom stereocenters. The van der Waals surface area contributed by atoms with E-state index in [0.717, 1.165) is 55.8 Å². The number of piperazine rings is 1. The number of aromatic amines is 1. The van der Waals surface area contributed by atoms with Gasteiger partial charge in [0.1, 0.15) is 5.75 Å². The first kappa shape index (κ1) is 20.9. The van der Waals surface area contributed by atoms with E-state index in [1.54, 1.807) is 13.3 Å². The van der Waals surface area contributed by atoms with E-state index in [0.29, 0.717) is 12.1 Å².